The summed E-state index contributed by atoms with van der Waals surface area (Å²) >= 11 is 1.33. The molecule has 28 heavy (non-hydrogen) atoms. The van der Waals surface area contributed by atoms with E-state index >= 15 is 0 Å². The van der Waals surface area contributed by atoms with E-state index in [0.29, 0.717) is 22.3 Å². The van der Waals surface area contributed by atoms with Crippen molar-refractivity contribution in [3.63, 3.8) is 0 Å². The summed E-state index contributed by atoms with van der Waals surface area (Å²) in [4.78, 5) is 32.4. The molecule has 5 nitrogen and oxygen atoms in total. The summed E-state index contributed by atoms with van der Waals surface area (Å²) in [5.41, 5.74) is 3.13. The van der Waals surface area contributed by atoms with Crippen LogP contribution in [0.2, 0.25) is 0 Å². The molecule has 0 fully saturated rings. The number of hydrogen-bond donors (Lipinski definition) is 2. The summed E-state index contributed by atoms with van der Waals surface area (Å²) in [5, 5.41) is 3.15. The van der Waals surface area contributed by atoms with Crippen molar-refractivity contribution in [1.29, 1.82) is 0 Å². The van der Waals surface area contributed by atoms with Crippen molar-refractivity contribution in [2.24, 2.45) is 0 Å². The van der Waals surface area contributed by atoms with E-state index in [1.165, 1.54) is 23.9 Å². The molecule has 1 unspecified atom stereocenters. The number of rotatable bonds is 4. The average molecular weight is 395 g/mol. The van der Waals surface area contributed by atoms with Crippen LogP contribution in [-0.2, 0) is 10.5 Å². The molecule has 1 aliphatic heterocycles. The molecular formula is C21H18FN3O2S. The highest BCUT2D eigenvalue weighted by Crippen LogP contribution is 2.35. The second-order valence-corrected chi connectivity index (χ2v) is 7.67. The minimum atomic E-state index is -0.322. The number of H-pyrrole nitrogens is 1. The van der Waals surface area contributed by atoms with Crippen molar-refractivity contribution in [2.75, 3.05) is 5.32 Å². The van der Waals surface area contributed by atoms with Gasteiger partial charge in [-0.15, -0.1) is 0 Å². The second-order valence-electron chi connectivity index (χ2n) is 6.71. The van der Waals surface area contributed by atoms with Crippen LogP contribution in [0.5, 0.6) is 0 Å². The molecule has 1 amide bonds. The number of aryl methyl sites for hydroxylation is 1. The standard InChI is InChI=1S/C21H18FN3O2S/c1-12-4-2-3-5-15(12)16-10-17(26)23-19-18(16)20(27)25-21(24-19)28-11-13-6-8-14(22)9-7-13/h2-9,16H,10-11H2,1H3,(H2,23,24,25,26,27). The van der Waals surface area contributed by atoms with E-state index in [1.807, 2.05) is 31.2 Å². The van der Waals surface area contributed by atoms with Crippen molar-refractivity contribution < 1.29 is 9.18 Å². The van der Waals surface area contributed by atoms with Gasteiger partial charge in [0, 0.05) is 18.1 Å². The van der Waals surface area contributed by atoms with Crippen LogP contribution in [0.1, 0.15) is 34.6 Å². The normalized spacial score (nSPS) is 15.8. The zero-order valence-electron chi connectivity index (χ0n) is 15.2. The molecular weight excluding hydrogens is 377 g/mol. The van der Waals surface area contributed by atoms with E-state index in [0.717, 1.165) is 16.7 Å². The van der Waals surface area contributed by atoms with Gasteiger partial charge in [0.15, 0.2) is 5.16 Å². The molecule has 1 atom stereocenters. The first-order valence-electron chi connectivity index (χ1n) is 8.88. The molecule has 0 spiro atoms. The Kier molecular flexibility index (Phi) is 5.00. The first-order chi connectivity index (χ1) is 13.5. The Morgan fingerprint density at radius 3 is 2.64 bits per heavy atom. The van der Waals surface area contributed by atoms with Crippen LogP contribution in [0, 0.1) is 12.7 Å². The number of halogens is 1. The number of nitrogens with zero attached hydrogens (tertiary/aromatic N) is 1. The van der Waals surface area contributed by atoms with Gasteiger partial charge in [-0.05, 0) is 35.7 Å². The molecule has 0 bridgehead atoms. The van der Waals surface area contributed by atoms with Gasteiger partial charge in [-0.1, -0.05) is 48.2 Å². The minimum absolute atomic E-state index is 0.159. The van der Waals surface area contributed by atoms with Gasteiger partial charge in [-0.2, -0.15) is 0 Å². The van der Waals surface area contributed by atoms with Gasteiger partial charge in [-0.3, -0.25) is 9.59 Å². The number of fused-ring (bicyclic) bond motifs is 1. The summed E-state index contributed by atoms with van der Waals surface area (Å²) in [7, 11) is 0. The van der Waals surface area contributed by atoms with E-state index in [9.17, 15) is 14.0 Å². The maximum absolute atomic E-state index is 13.0. The third-order valence-electron chi connectivity index (χ3n) is 4.78. The first-order valence-corrected chi connectivity index (χ1v) is 9.86. The summed E-state index contributed by atoms with van der Waals surface area (Å²) in [6, 6.07) is 13.9. The summed E-state index contributed by atoms with van der Waals surface area (Å²) < 4.78 is 13.0. The smallest absolute Gasteiger partial charge is 0.257 e. The zero-order valence-corrected chi connectivity index (χ0v) is 16.0. The number of amides is 1. The molecule has 1 aliphatic rings. The number of carbonyl (C=O) groups excluding carboxylic acids is 1. The molecule has 0 radical (unpaired) electrons. The Morgan fingerprint density at radius 2 is 1.89 bits per heavy atom. The Labute approximate surface area is 165 Å². The van der Waals surface area contributed by atoms with Crippen molar-refractivity contribution in [3.8, 4) is 0 Å². The highest BCUT2D eigenvalue weighted by Gasteiger charge is 2.31. The number of aromatic amines is 1. The first kappa shape index (κ1) is 18.4. The average Bonchev–Trinajstić information content (AvgIpc) is 2.67. The van der Waals surface area contributed by atoms with Crippen molar-refractivity contribution in [1.82, 2.24) is 9.97 Å². The van der Waals surface area contributed by atoms with Gasteiger partial charge < -0.3 is 10.3 Å². The minimum Gasteiger partial charge on any atom is -0.310 e. The Hall–Kier alpha value is -2.93. The van der Waals surface area contributed by atoms with Gasteiger partial charge in [-0.25, -0.2) is 9.37 Å². The van der Waals surface area contributed by atoms with E-state index in [4.69, 9.17) is 0 Å². The fourth-order valence-corrected chi connectivity index (χ4v) is 4.21. The van der Waals surface area contributed by atoms with Gasteiger partial charge in [0.1, 0.15) is 11.6 Å². The monoisotopic (exact) mass is 395 g/mol. The summed E-state index contributed by atoms with van der Waals surface area (Å²) in [5.74, 6) is 0.0662. The predicted octanol–water partition coefficient (Wildman–Crippen LogP) is 3.98. The second kappa shape index (κ2) is 7.59. The maximum Gasteiger partial charge on any atom is 0.257 e. The van der Waals surface area contributed by atoms with Crippen LogP contribution >= 0.6 is 11.8 Å². The van der Waals surface area contributed by atoms with Gasteiger partial charge in [0.25, 0.3) is 5.56 Å². The number of hydrogen-bond acceptors (Lipinski definition) is 4. The largest absolute Gasteiger partial charge is 0.310 e. The van der Waals surface area contributed by atoms with Crippen LogP contribution in [0.25, 0.3) is 0 Å². The van der Waals surface area contributed by atoms with E-state index < -0.39 is 0 Å². The number of carbonyl (C=O) groups is 1. The quantitative estimate of drug-likeness (QED) is 0.518. The van der Waals surface area contributed by atoms with Crippen molar-refractivity contribution in [2.45, 2.75) is 30.2 Å². The summed E-state index contributed by atoms with van der Waals surface area (Å²) in [6.45, 7) is 1.97. The van der Waals surface area contributed by atoms with Crippen LogP contribution in [0.15, 0.2) is 58.5 Å². The van der Waals surface area contributed by atoms with Gasteiger partial charge >= 0.3 is 0 Å². The highest BCUT2D eigenvalue weighted by molar-refractivity contribution is 7.98. The maximum atomic E-state index is 13.0. The zero-order chi connectivity index (χ0) is 19.7. The Balaban J connectivity index is 1.66. The van der Waals surface area contributed by atoms with Crippen molar-refractivity contribution in [3.05, 3.63) is 87.0 Å². The lowest BCUT2D eigenvalue weighted by Gasteiger charge is -2.25. The predicted molar refractivity (Wildman–Crippen MR) is 107 cm³/mol. The van der Waals surface area contributed by atoms with Crippen LogP contribution in [-0.4, -0.2) is 15.9 Å². The van der Waals surface area contributed by atoms with E-state index in [-0.39, 0.29) is 29.6 Å². The molecule has 0 saturated carbocycles. The van der Waals surface area contributed by atoms with E-state index in [1.54, 1.807) is 12.1 Å². The Bertz CT molecular complexity index is 1100. The SMILES string of the molecule is Cc1ccccc1C1CC(=O)Nc2nc(SCc3ccc(F)cc3)[nH]c(=O)c21. The van der Waals surface area contributed by atoms with E-state index in [2.05, 4.69) is 15.3 Å². The molecule has 4 rings (SSSR count). The molecule has 0 aliphatic carbocycles. The van der Waals surface area contributed by atoms with Gasteiger partial charge in [0.2, 0.25) is 5.91 Å². The topological polar surface area (TPSA) is 74.8 Å². The number of thioether (sulfide) groups is 1. The van der Waals surface area contributed by atoms with Crippen LogP contribution in [0.4, 0.5) is 10.2 Å². The molecule has 1 aromatic heterocycles. The lowest BCUT2D eigenvalue weighted by molar-refractivity contribution is -0.116. The molecule has 2 N–H and O–H groups in total. The van der Waals surface area contributed by atoms with Crippen LogP contribution in [0.3, 0.4) is 0 Å². The lowest BCUT2D eigenvalue weighted by atomic mass is 9.84. The molecule has 0 saturated heterocycles. The number of anilines is 1. The fourth-order valence-electron chi connectivity index (χ4n) is 3.39. The lowest BCUT2D eigenvalue weighted by Crippen LogP contribution is -2.31. The molecule has 3 aromatic rings. The molecule has 7 heteroatoms. The molecule has 2 aromatic carbocycles. The number of aromatic nitrogens is 2. The highest BCUT2D eigenvalue weighted by atomic mass is 32.2. The summed E-state index contributed by atoms with van der Waals surface area (Å²) in [6.07, 6.45) is 0.213. The molecule has 2 heterocycles. The third-order valence-corrected chi connectivity index (χ3v) is 5.73. The van der Waals surface area contributed by atoms with Crippen molar-refractivity contribution >= 4 is 23.5 Å². The fraction of sp³-hybridized carbons (Fsp3) is 0.190. The third kappa shape index (κ3) is 3.71. The Morgan fingerprint density at radius 1 is 1.14 bits per heavy atom. The molecule has 142 valence electrons. The number of nitrogens with one attached hydrogen (secondary N) is 2. The van der Waals surface area contributed by atoms with Crippen LogP contribution < -0.4 is 10.9 Å². The number of benzene rings is 2. The van der Waals surface area contributed by atoms with Gasteiger partial charge in [0.05, 0.1) is 5.56 Å².